The number of carbonyl (C=O) groups excluding carboxylic acids is 1. The summed E-state index contributed by atoms with van der Waals surface area (Å²) < 4.78 is 5.88. The van der Waals surface area contributed by atoms with Crippen molar-refractivity contribution in [2.45, 2.75) is 37.9 Å². The number of aromatic nitrogens is 1. The molecule has 1 fully saturated rings. The molecule has 1 unspecified atom stereocenters. The molecule has 2 atom stereocenters. The van der Waals surface area contributed by atoms with Crippen LogP contribution in [-0.2, 0) is 9.53 Å². The molecule has 0 amide bonds. The molecule has 1 aromatic carbocycles. The third-order valence-corrected chi connectivity index (χ3v) is 6.50. The smallest absolute Gasteiger partial charge is 0.305 e. The number of amidine groups is 1. The maximum Gasteiger partial charge on any atom is 0.305 e. The molecule has 1 saturated carbocycles. The number of fused-ring (bicyclic) bond motifs is 3. The molecule has 7 nitrogen and oxygen atoms in total. The van der Waals surface area contributed by atoms with Crippen LogP contribution >= 0.6 is 15.9 Å². The topological polar surface area (TPSA) is 70.4 Å². The van der Waals surface area contributed by atoms with Crippen molar-refractivity contribution in [1.29, 1.82) is 0 Å². The highest BCUT2D eigenvalue weighted by Gasteiger charge is 2.47. The first-order valence-corrected chi connectivity index (χ1v) is 11.3. The highest BCUT2D eigenvalue weighted by molar-refractivity contribution is 9.10. The van der Waals surface area contributed by atoms with E-state index in [0.29, 0.717) is 12.3 Å². The number of nitrogens with zero attached hydrogens (tertiary/aromatic N) is 5. The SMILES string of the molecule is COC(=O)CCC1N=C(c2ccccn2)c2cc(Br)ccc2N2C1=NN(C)[C@H]2C1CC1. The van der Waals surface area contributed by atoms with Crippen LogP contribution in [0.1, 0.15) is 36.9 Å². The molecule has 31 heavy (non-hydrogen) atoms. The van der Waals surface area contributed by atoms with E-state index in [2.05, 4.69) is 49.0 Å². The molecule has 1 aliphatic carbocycles. The van der Waals surface area contributed by atoms with E-state index in [1.54, 1.807) is 6.20 Å². The summed E-state index contributed by atoms with van der Waals surface area (Å²) in [5.74, 6) is 1.22. The van der Waals surface area contributed by atoms with Crippen LogP contribution < -0.4 is 4.90 Å². The number of pyridine rings is 1. The lowest BCUT2D eigenvalue weighted by atomic mass is 10.0. The molecule has 0 spiro atoms. The molecule has 2 aliphatic heterocycles. The van der Waals surface area contributed by atoms with Crippen LogP contribution in [0.4, 0.5) is 5.69 Å². The molecular formula is C23H24BrN5O2. The predicted molar refractivity (Wildman–Crippen MR) is 123 cm³/mol. The van der Waals surface area contributed by atoms with Gasteiger partial charge in [0.25, 0.3) is 0 Å². The van der Waals surface area contributed by atoms with E-state index in [9.17, 15) is 4.79 Å². The number of anilines is 1. The van der Waals surface area contributed by atoms with Crippen LogP contribution in [0.5, 0.6) is 0 Å². The number of rotatable bonds is 5. The molecule has 3 aliphatic rings. The van der Waals surface area contributed by atoms with Gasteiger partial charge in [-0.2, -0.15) is 5.10 Å². The normalized spacial score (nSPS) is 22.3. The van der Waals surface area contributed by atoms with Crippen LogP contribution in [0.2, 0.25) is 0 Å². The van der Waals surface area contributed by atoms with Crippen LogP contribution in [0.3, 0.4) is 0 Å². The van der Waals surface area contributed by atoms with Crippen molar-refractivity contribution in [3.8, 4) is 0 Å². The Morgan fingerprint density at radius 3 is 2.81 bits per heavy atom. The van der Waals surface area contributed by atoms with Crippen molar-refractivity contribution in [3.63, 3.8) is 0 Å². The van der Waals surface area contributed by atoms with E-state index in [1.165, 1.54) is 20.0 Å². The Kier molecular flexibility index (Phi) is 5.25. The molecule has 160 valence electrons. The summed E-state index contributed by atoms with van der Waals surface area (Å²) >= 11 is 3.64. The van der Waals surface area contributed by atoms with Crippen molar-refractivity contribution in [3.05, 3.63) is 58.3 Å². The molecule has 2 aromatic rings. The van der Waals surface area contributed by atoms with Gasteiger partial charge in [0.05, 0.1) is 24.2 Å². The molecule has 0 N–H and O–H groups in total. The fourth-order valence-electron chi connectivity index (χ4n) is 4.42. The predicted octanol–water partition coefficient (Wildman–Crippen LogP) is 3.82. The maximum absolute atomic E-state index is 11.9. The molecule has 0 radical (unpaired) electrons. The van der Waals surface area contributed by atoms with E-state index in [4.69, 9.17) is 14.8 Å². The van der Waals surface area contributed by atoms with Gasteiger partial charge in [0.15, 0.2) is 5.84 Å². The molecule has 8 heteroatoms. The van der Waals surface area contributed by atoms with Gasteiger partial charge in [-0.1, -0.05) is 22.0 Å². The summed E-state index contributed by atoms with van der Waals surface area (Å²) in [6, 6.07) is 11.9. The number of benzene rings is 1. The standard InChI is InChI=1S/C23H24BrN5O2/c1-28-23(14-6-7-14)29-19-10-8-15(24)13-16(19)21(17-5-3-4-12-25-17)26-18(22(29)27-28)9-11-20(30)31-2/h3-5,8,10,12-14,18,23H,6-7,9,11H2,1-2H3/t18?,23-/m1/s1. The quantitative estimate of drug-likeness (QED) is 0.607. The zero-order valence-corrected chi connectivity index (χ0v) is 19.1. The Labute approximate surface area is 189 Å². The van der Waals surface area contributed by atoms with Gasteiger partial charge in [-0.25, -0.2) is 0 Å². The Bertz CT molecular complexity index is 1070. The Balaban J connectivity index is 1.68. The van der Waals surface area contributed by atoms with Crippen molar-refractivity contribution in [2.75, 3.05) is 19.1 Å². The zero-order valence-electron chi connectivity index (χ0n) is 17.5. The second kappa shape index (κ2) is 8.07. The fourth-order valence-corrected chi connectivity index (χ4v) is 4.78. The number of esters is 1. The second-order valence-electron chi connectivity index (χ2n) is 8.14. The van der Waals surface area contributed by atoms with Gasteiger partial charge in [0.1, 0.15) is 12.2 Å². The van der Waals surface area contributed by atoms with Crippen LogP contribution in [-0.4, -0.2) is 53.9 Å². The first kappa shape index (κ1) is 20.2. The van der Waals surface area contributed by atoms with Crippen LogP contribution in [0.15, 0.2) is 57.2 Å². The highest BCUT2D eigenvalue weighted by Crippen LogP contribution is 2.44. The maximum atomic E-state index is 11.9. The number of hydrogen-bond donors (Lipinski definition) is 0. The van der Waals surface area contributed by atoms with Gasteiger partial charge in [0, 0.05) is 29.7 Å². The minimum absolute atomic E-state index is 0.161. The third-order valence-electron chi connectivity index (χ3n) is 6.01. The Morgan fingerprint density at radius 1 is 1.26 bits per heavy atom. The molecule has 0 bridgehead atoms. The molecule has 5 rings (SSSR count). The van der Waals surface area contributed by atoms with Gasteiger partial charge < -0.3 is 9.64 Å². The van der Waals surface area contributed by atoms with Gasteiger partial charge in [0.2, 0.25) is 0 Å². The van der Waals surface area contributed by atoms with E-state index in [1.807, 2.05) is 25.2 Å². The minimum atomic E-state index is -0.270. The highest BCUT2D eigenvalue weighted by atomic mass is 79.9. The van der Waals surface area contributed by atoms with Crippen LogP contribution in [0, 0.1) is 5.92 Å². The minimum Gasteiger partial charge on any atom is -0.469 e. The number of hydrazone groups is 1. The lowest BCUT2D eigenvalue weighted by Crippen LogP contribution is -2.45. The van der Waals surface area contributed by atoms with E-state index < -0.39 is 0 Å². The summed E-state index contributed by atoms with van der Waals surface area (Å²) in [5.41, 5.74) is 3.72. The summed E-state index contributed by atoms with van der Waals surface area (Å²) in [6.45, 7) is 0. The van der Waals surface area contributed by atoms with Gasteiger partial charge in [-0.15, -0.1) is 0 Å². The number of ether oxygens (including phenoxy) is 1. The lowest BCUT2D eigenvalue weighted by Gasteiger charge is -2.31. The third kappa shape index (κ3) is 3.73. The van der Waals surface area contributed by atoms with E-state index in [0.717, 1.165) is 33.0 Å². The number of carbonyl (C=O) groups is 1. The van der Waals surface area contributed by atoms with Gasteiger partial charge in [-0.3, -0.25) is 19.8 Å². The average Bonchev–Trinajstić information content (AvgIpc) is 3.57. The number of halogens is 1. The lowest BCUT2D eigenvalue weighted by molar-refractivity contribution is -0.140. The second-order valence-corrected chi connectivity index (χ2v) is 9.05. The zero-order chi connectivity index (χ0) is 21.5. The first-order valence-electron chi connectivity index (χ1n) is 10.5. The number of hydrogen-bond acceptors (Lipinski definition) is 7. The summed E-state index contributed by atoms with van der Waals surface area (Å²) in [4.78, 5) is 24.0. The summed E-state index contributed by atoms with van der Waals surface area (Å²) in [7, 11) is 3.45. The van der Waals surface area contributed by atoms with Gasteiger partial charge >= 0.3 is 5.97 Å². The van der Waals surface area contributed by atoms with E-state index >= 15 is 0 Å². The first-order chi connectivity index (χ1) is 15.1. The van der Waals surface area contributed by atoms with Gasteiger partial charge in [-0.05, 0) is 55.5 Å². The van der Waals surface area contributed by atoms with Crippen molar-refractivity contribution in [1.82, 2.24) is 9.99 Å². The number of aliphatic imine (C=N–C) groups is 1. The summed E-state index contributed by atoms with van der Waals surface area (Å²) in [5, 5.41) is 6.99. The Morgan fingerprint density at radius 2 is 2.10 bits per heavy atom. The number of methoxy groups -OCH3 is 1. The Hall–Kier alpha value is -2.74. The fraction of sp³-hybridized carbons (Fsp3) is 0.391. The van der Waals surface area contributed by atoms with E-state index in [-0.39, 0.29) is 24.6 Å². The summed E-state index contributed by atoms with van der Waals surface area (Å²) in [6.07, 6.45) is 5.14. The van der Waals surface area contributed by atoms with Crippen LogP contribution in [0.25, 0.3) is 0 Å². The van der Waals surface area contributed by atoms with Crippen molar-refractivity contribution >= 4 is 39.1 Å². The molecule has 3 heterocycles. The molecule has 0 saturated heterocycles. The van der Waals surface area contributed by atoms with Crippen molar-refractivity contribution in [2.24, 2.45) is 16.0 Å². The molecule has 1 aromatic heterocycles. The van der Waals surface area contributed by atoms with Crippen molar-refractivity contribution < 1.29 is 9.53 Å². The monoisotopic (exact) mass is 481 g/mol. The average molecular weight is 482 g/mol. The molecular weight excluding hydrogens is 458 g/mol. The largest absolute Gasteiger partial charge is 0.469 e.